The zero-order chi connectivity index (χ0) is 12.5. The molecule has 90 valence electrons. The van der Waals surface area contributed by atoms with Crippen LogP contribution in [0.3, 0.4) is 0 Å². The van der Waals surface area contributed by atoms with Crippen molar-refractivity contribution in [3.8, 4) is 0 Å². The molecule has 0 atom stereocenters. The zero-order valence-corrected chi connectivity index (χ0v) is 11.1. The van der Waals surface area contributed by atoms with Crippen molar-refractivity contribution in [2.45, 2.75) is 13.8 Å². The third-order valence-electron chi connectivity index (χ3n) is 2.71. The van der Waals surface area contributed by atoms with Gasteiger partial charge in [0.15, 0.2) is 5.13 Å². The summed E-state index contributed by atoms with van der Waals surface area (Å²) in [5.74, 6) is 0. The molecule has 0 saturated carbocycles. The lowest BCUT2D eigenvalue weighted by atomic mass is 10.2. The zero-order valence-electron chi connectivity index (χ0n) is 10.3. The molecule has 0 aliphatic heterocycles. The summed E-state index contributed by atoms with van der Waals surface area (Å²) in [6.45, 7) is 4.07. The molecule has 1 aromatic carbocycles. The predicted octanol–water partition coefficient (Wildman–Crippen LogP) is 4.05. The number of hydrogen-bond donors (Lipinski definition) is 1. The summed E-state index contributed by atoms with van der Waals surface area (Å²) in [5.41, 5.74) is 4.28. The molecule has 3 nitrogen and oxygen atoms in total. The van der Waals surface area contributed by atoms with Crippen LogP contribution in [-0.4, -0.2) is 9.97 Å². The summed E-state index contributed by atoms with van der Waals surface area (Å²) in [6, 6.07) is 10.3. The van der Waals surface area contributed by atoms with Crippen molar-refractivity contribution >= 4 is 32.4 Å². The third-order valence-corrected chi connectivity index (χ3v) is 3.64. The number of fused-ring (bicyclic) bond motifs is 1. The highest BCUT2D eigenvalue weighted by Gasteiger charge is 2.04. The standard InChI is InChI=1S/C14H13N3S/c1-9-3-6-12-13(7-9)18-14(17-12)16-11-5-4-10(2)15-8-11/h3-8H,1-2H3,(H,16,17). The van der Waals surface area contributed by atoms with Crippen LogP contribution < -0.4 is 5.32 Å². The van der Waals surface area contributed by atoms with Crippen molar-refractivity contribution in [3.63, 3.8) is 0 Å². The van der Waals surface area contributed by atoms with Gasteiger partial charge in [0, 0.05) is 5.69 Å². The Labute approximate surface area is 110 Å². The molecule has 3 rings (SSSR count). The van der Waals surface area contributed by atoms with E-state index in [0.29, 0.717) is 0 Å². The number of nitrogens with zero attached hydrogens (tertiary/aromatic N) is 2. The van der Waals surface area contributed by atoms with Crippen LogP contribution in [0.5, 0.6) is 0 Å². The Hall–Kier alpha value is -1.94. The fraction of sp³-hybridized carbons (Fsp3) is 0.143. The van der Waals surface area contributed by atoms with Crippen molar-refractivity contribution in [2.75, 3.05) is 5.32 Å². The molecular weight excluding hydrogens is 242 g/mol. The fourth-order valence-electron chi connectivity index (χ4n) is 1.75. The van der Waals surface area contributed by atoms with E-state index in [-0.39, 0.29) is 0 Å². The van der Waals surface area contributed by atoms with Crippen molar-refractivity contribution in [2.24, 2.45) is 0 Å². The number of pyridine rings is 1. The molecule has 1 N–H and O–H groups in total. The summed E-state index contributed by atoms with van der Waals surface area (Å²) >= 11 is 1.66. The van der Waals surface area contributed by atoms with Crippen LogP contribution in [-0.2, 0) is 0 Å². The first-order valence-corrected chi connectivity index (χ1v) is 6.59. The second-order valence-corrected chi connectivity index (χ2v) is 5.33. The Kier molecular flexibility index (Phi) is 2.72. The van der Waals surface area contributed by atoms with Gasteiger partial charge in [0.05, 0.1) is 22.1 Å². The lowest BCUT2D eigenvalue weighted by Crippen LogP contribution is -1.90. The van der Waals surface area contributed by atoms with Gasteiger partial charge in [-0.05, 0) is 43.7 Å². The number of nitrogens with one attached hydrogen (secondary N) is 1. The average molecular weight is 255 g/mol. The van der Waals surface area contributed by atoms with Gasteiger partial charge in [0.2, 0.25) is 0 Å². The van der Waals surface area contributed by atoms with Crippen molar-refractivity contribution < 1.29 is 0 Å². The topological polar surface area (TPSA) is 37.8 Å². The molecule has 0 spiro atoms. The van der Waals surface area contributed by atoms with Crippen LogP contribution in [0.2, 0.25) is 0 Å². The van der Waals surface area contributed by atoms with Crippen LogP contribution in [0.4, 0.5) is 10.8 Å². The maximum atomic E-state index is 4.55. The average Bonchev–Trinajstić information content (AvgIpc) is 2.73. The molecule has 4 heteroatoms. The lowest BCUT2D eigenvalue weighted by molar-refractivity contribution is 1.20. The molecule has 0 aliphatic rings. The van der Waals surface area contributed by atoms with Gasteiger partial charge in [0.1, 0.15) is 0 Å². The van der Waals surface area contributed by atoms with Crippen LogP contribution in [0.1, 0.15) is 11.3 Å². The molecule has 0 bridgehead atoms. The maximum Gasteiger partial charge on any atom is 0.188 e. The van der Waals surface area contributed by atoms with Gasteiger partial charge in [-0.1, -0.05) is 17.4 Å². The van der Waals surface area contributed by atoms with Crippen LogP contribution in [0.15, 0.2) is 36.5 Å². The molecule has 18 heavy (non-hydrogen) atoms. The first kappa shape index (κ1) is 11.2. The van der Waals surface area contributed by atoms with E-state index in [1.165, 1.54) is 10.3 Å². The summed E-state index contributed by atoms with van der Waals surface area (Å²) < 4.78 is 1.21. The highest BCUT2D eigenvalue weighted by molar-refractivity contribution is 7.22. The summed E-state index contributed by atoms with van der Waals surface area (Å²) in [4.78, 5) is 8.81. The molecule has 3 aromatic rings. The highest BCUT2D eigenvalue weighted by atomic mass is 32.1. The SMILES string of the molecule is Cc1ccc2nc(Nc3ccc(C)nc3)sc2c1. The Morgan fingerprint density at radius 3 is 2.78 bits per heavy atom. The van der Waals surface area contributed by atoms with E-state index in [4.69, 9.17) is 0 Å². The van der Waals surface area contributed by atoms with Gasteiger partial charge in [-0.25, -0.2) is 4.98 Å². The number of thiazole rings is 1. The Balaban J connectivity index is 1.92. The largest absolute Gasteiger partial charge is 0.330 e. The lowest BCUT2D eigenvalue weighted by Gasteiger charge is -2.01. The van der Waals surface area contributed by atoms with E-state index >= 15 is 0 Å². The number of anilines is 2. The normalized spacial score (nSPS) is 10.8. The highest BCUT2D eigenvalue weighted by Crippen LogP contribution is 2.28. The molecule has 0 unspecified atom stereocenters. The van der Waals surface area contributed by atoms with Gasteiger partial charge < -0.3 is 5.32 Å². The van der Waals surface area contributed by atoms with E-state index in [2.05, 4.69) is 40.4 Å². The number of aryl methyl sites for hydroxylation is 2. The van der Waals surface area contributed by atoms with E-state index in [1.807, 2.05) is 25.3 Å². The Morgan fingerprint density at radius 2 is 2.00 bits per heavy atom. The molecule has 0 fully saturated rings. The van der Waals surface area contributed by atoms with Crippen LogP contribution in [0.25, 0.3) is 10.2 Å². The Bertz CT molecular complexity index is 686. The third kappa shape index (κ3) is 2.19. The molecular formula is C14H13N3S. The summed E-state index contributed by atoms with van der Waals surface area (Å²) in [5, 5.41) is 4.19. The predicted molar refractivity (Wildman–Crippen MR) is 76.6 cm³/mol. The molecule has 2 aromatic heterocycles. The van der Waals surface area contributed by atoms with Crippen molar-refractivity contribution in [3.05, 3.63) is 47.8 Å². The quantitative estimate of drug-likeness (QED) is 0.750. The van der Waals surface area contributed by atoms with Gasteiger partial charge in [-0.15, -0.1) is 0 Å². The van der Waals surface area contributed by atoms with Gasteiger partial charge in [-0.3, -0.25) is 4.98 Å². The van der Waals surface area contributed by atoms with Crippen LogP contribution in [0, 0.1) is 13.8 Å². The monoisotopic (exact) mass is 255 g/mol. The molecule has 2 heterocycles. The van der Waals surface area contributed by atoms with Gasteiger partial charge in [0.25, 0.3) is 0 Å². The van der Waals surface area contributed by atoms with E-state index in [1.54, 1.807) is 11.3 Å². The maximum absolute atomic E-state index is 4.55. The summed E-state index contributed by atoms with van der Waals surface area (Å²) in [7, 11) is 0. The minimum absolute atomic E-state index is 0.904. The second-order valence-electron chi connectivity index (χ2n) is 4.30. The molecule has 0 radical (unpaired) electrons. The van der Waals surface area contributed by atoms with E-state index < -0.39 is 0 Å². The number of hydrogen-bond acceptors (Lipinski definition) is 4. The molecule has 0 aliphatic carbocycles. The molecule has 0 amide bonds. The summed E-state index contributed by atoms with van der Waals surface area (Å²) in [6.07, 6.45) is 1.83. The number of rotatable bonds is 2. The fourth-order valence-corrected chi connectivity index (χ4v) is 2.73. The van der Waals surface area contributed by atoms with Gasteiger partial charge >= 0.3 is 0 Å². The smallest absolute Gasteiger partial charge is 0.188 e. The first-order chi connectivity index (χ1) is 8.70. The van der Waals surface area contributed by atoms with Gasteiger partial charge in [-0.2, -0.15) is 0 Å². The van der Waals surface area contributed by atoms with Crippen molar-refractivity contribution in [1.82, 2.24) is 9.97 Å². The first-order valence-electron chi connectivity index (χ1n) is 5.77. The molecule has 0 saturated heterocycles. The number of aromatic nitrogens is 2. The Morgan fingerprint density at radius 1 is 1.11 bits per heavy atom. The second kappa shape index (κ2) is 4.38. The van der Waals surface area contributed by atoms with Crippen molar-refractivity contribution in [1.29, 1.82) is 0 Å². The van der Waals surface area contributed by atoms with E-state index in [0.717, 1.165) is 22.0 Å². The number of benzene rings is 1. The van der Waals surface area contributed by atoms with E-state index in [9.17, 15) is 0 Å². The minimum atomic E-state index is 0.904. The van der Waals surface area contributed by atoms with Crippen LogP contribution >= 0.6 is 11.3 Å². The minimum Gasteiger partial charge on any atom is -0.330 e.